The third-order valence-electron chi connectivity index (χ3n) is 2.63. The maximum absolute atomic E-state index is 13.3. The standard InChI is InChI=1S/C13H16FNO/c1-2-7-15-8-6-10-9-16-13-11(10)4-3-5-12(13)14/h3-5,9,15H,2,6-8H2,1H3. The van der Waals surface area contributed by atoms with E-state index in [1.807, 2.05) is 6.07 Å². The highest BCUT2D eigenvalue weighted by Crippen LogP contribution is 2.23. The van der Waals surface area contributed by atoms with E-state index in [4.69, 9.17) is 4.42 Å². The van der Waals surface area contributed by atoms with E-state index in [-0.39, 0.29) is 5.82 Å². The van der Waals surface area contributed by atoms with Crippen molar-refractivity contribution in [2.45, 2.75) is 19.8 Å². The van der Waals surface area contributed by atoms with Gasteiger partial charge in [-0.3, -0.25) is 0 Å². The molecule has 86 valence electrons. The topological polar surface area (TPSA) is 25.2 Å². The maximum Gasteiger partial charge on any atom is 0.169 e. The van der Waals surface area contributed by atoms with Gasteiger partial charge in [0.25, 0.3) is 0 Å². The average molecular weight is 221 g/mol. The summed E-state index contributed by atoms with van der Waals surface area (Å²) in [6.45, 7) is 4.05. The van der Waals surface area contributed by atoms with Crippen molar-refractivity contribution >= 4 is 11.0 Å². The van der Waals surface area contributed by atoms with Crippen molar-refractivity contribution < 1.29 is 8.81 Å². The third kappa shape index (κ3) is 2.25. The zero-order valence-corrected chi connectivity index (χ0v) is 9.42. The van der Waals surface area contributed by atoms with E-state index in [2.05, 4.69) is 12.2 Å². The molecule has 0 spiro atoms. The molecule has 0 saturated heterocycles. The van der Waals surface area contributed by atoms with Crippen molar-refractivity contribution in [1.29, 1.82) is 0 Å². The van der Waals surface area contributed by atoms with Gasteiger partial charge in [-0.15, -0.1) is 0 Å². The van der Waals surface area contributed by atoms with E-state index >= 15 is 0 Å². The van der Waals surface area contributed by atoms with Gasteiger partial charge in [-0.05, 0) is 37.6 Å². The molecule has 0 aliphatic carbocycles. The number of nitrogens with one attached hydrogen (secondary N) is 1. The van der Waals surface area contributed by atoms with E-state index in [0.717, 1.165) is 36.9 Å². The van der Waals surface area contributed by atoms with Crippen LogP contribution >= 0.6 is 0 Å². The molecule has 2 rings (SSSR count). The molecular weight excluding hydrogens is 205 g/mol. The first kappa shape index (κ1) is 11.1. The Balaban J connectivity index is 2.10. The highest BCUT2D eigenvalue weighted by Gasteiger charge is 2.08. The fraction of sp³-hybridized carbons (Fsp3) is 0.385. The molecule has 2 nitrogen and oxygen atoms in total. The molecule has 0 atom stereocenters. The molecule has 1 aromatic heterocycles. The van der Waals surface area contributed by atoms with Crippen LogP contribution in [0.2, 0.25) is 0 Å². The normalized spacial score (nSPS) is 11.1. The van der Waals surface area contributed by atoms with Crippen LogP contribution in [-0.2, 0) is 6.42 Å². The minimum Gasteiger partial charge on any atom is -0.461 e. The lowest BCUT2D eigenvalue weighted by molar-refractivity contribution is 0.557. The summed E-state index contributed by atoms with van der Waals surface area (Å²) in [5, 5.41) is 4.20. The van der Waals surface area contributed by atoms with Crippen LogP contribution < -0.4 is 5.32 Å². The van der Waals surface area contributed by atoms with Gasteiger partial charge in [-0.2, -0.15) is 0 Å². The predicted molar refractivity (Wildman–Crippen MR) is 63.0 cm³/mol. The molecule has 0 radical (unpaired) electrons. The third-order valence-corrected chi connectivity index (χ3v) is 2.63. The van der Waals surface area contributed by atoms with Crippen LogP contribution in [-0.4, -0.2) is 13.1 Å². The Morgan fingerprint density at radius 3 is 3.00 bits per heavy atom. The lowest BCUT2D eigenvalue weighted by Crippen LogP contribution is -2.17. The monoisotopic (exact) mass is 221 g/mol. The van der Waals surface area contributed by atoms with Gasteiger partial charge in [-0.25, -0.2) is 4.39 Å². The number of fused-ring (bicyclic) bond motifs is 1. The van der Waals surface area contributed by atoms with Crippen molar-refractivity contribution in [2.24, 2.45) is 0 Å². The van der Waals surface area contributed by atoms with Crippen LogP contribution in [0.3, 0.4) is 0 Å². The van der Waals surface area contributed by atoms with Gasteiger partial charge in [0.15, 0.2) is 11.4 Å². The predicted octanol–water partition coefficient (Wildman–Crippen LogP) is 3.11. The van der Waals surface area contributed by atoms with E-state index in [1.165, 1.54) is 6.07 Å². The Bertz CT molecular complexity index is 464. The molecule has 3 heteroatoms. The van der Waals surface area contributed by atoms with Gasteiger partial charge in [-0.1, -0.05) is 19.1 Å². The molecule has 0 fully saturated rings. The van der Waals surface area contributed by atoms with Gasteiger partial charge in [0.05, 0.1) is 6.26 Å². The summed E-state index contributed by atoms with van der Waals surface area (Å²) in [5.74, 6) is -0.287. The maximum atomic E-state index is 13.3. The summed E-state index contributed by atoms with van der Waals surface area (Å²) in [6, 6.07) is 5.04. The first-order valence-electron chi connectivity index (χ1n) is 5.68. The van der Waals surface area contributed by atoms with E-state index in [1.54, 1.807) is 12.3 Å². The van der Waals surface area contributed by atoms with Gasteiger partial charge >= 0.3 is 0 Å². The van der Waals surface area contributed by atoms with Gasteiger partial charge in [0, 0.05) is 5.39 Å². The Kier molecular flexibility index (Phi) is 3.57. The second-order valence-corrected chi connectivity index (χ2v) is 3.88. The van der Waals surface area contributed by atoms with Crippen molar-refractivity contribution in [3.05, 3.63) is 35.8 Å². The summed E-state index contributed by atoms with van der Waals surface area (Å²) in [5.41, 5.74) is 1.44. The molecule has 16 heavy (non-hydrogen) atoms. The Labute approximate surface area is 94.4 Å². The molecule has 0 unspecified atom stereocenters. The molecule has 1 aromatic carbocycles. The van der Waals surface area contributed by atoms with Crippen LogP contribution in [0.4, 0.5) is 4.39 Å². The van der Waals surface area contributed by atoms with Crippen LogP contribution in [0.15, 0.2) is 28.9 Å². The number of halogens is 1. The quantitative estimate of drug-likeness (QED) is 0.785. The summed E-state index contributed by atoms with van der Waals surface area (Å²) < 4.78 is 18.6. The molecule has 0 aliphatic heterocycles. The number of furan rings is 1. The fourth-order valence-electron chi connectivity index (χ4n) is 1.79. The molecule has 1 heterocycles. The summed E-state index contributed by atoms with van der Waals surface area (Å²) >= 11 is 0. The van der Waals surface area contributed by atoms with Crippen molar-refractivity contribution in [3.63, 3.8) is 0 Å². The first-order chi connectivity index (χ1) is 7.83. The fourth-order valence-corrected chi connectivity index (χ4v) is 1.79. The van der Waals surface area contributed by atoms with E-state index in [0.29, 0.717) is 5.58 Å². The zero-order valence-electron chi connectivity index (χ0n) is 9.42. The van der Waals surface area contributed by atoms with Crippen LogP contribution in [0, 0.1) is 5.82 Å². The highest BCUT2D eigenvalue weighted by atomic mass is 19.1. The lowest BCUT2D eigenvalue weighted by atomic mass is 10.1. The lowest BCUT2D eigenvalue weighted by Gasteiger charge is -2.01. The molecular formula is C13H16FNO. The zero-order chi connectivity index (χ0) is 11.4. The van der Waals surface area contributed by atoms with Crippen LogP contribution in [0.1, 0.15) is 18.9 Å². The summed E-state index contributed by atoms with van der Waals surface area (Å²) in [4.78, 5) is 0. The highest BCUT2D eigenvalue weighted by molar-refractivity contribution is 5.81. The number of benzene rings is 1. The van der Waals surface area contributed by atoms with Crippen molar-refractivity contribution in [3.8, 4) is 0 Å². The Hall–Kier alpha value is -1.35. The first-order valence-corrected chi connectivity index (χ1v) is 5.68. The van der Waals surface area contributed by atoms with E-state index < -0.39 is 0 Å². The Morgan fingerprint density at radius 2 is 2.19 bits per heavy atom. The summed E-state index contributed by atoms with van der Waals surface area (Å²) in [6.07, 6.45) is 3.65. The largest absolute Gasteiger partial charge is 0.461 e. The number of para-hydroxylation sites is 1. The van der Waals surface area contributed by atoms with Gasteiger partial charge in [0.1, 0.15) is 0 Å². The van der Waals surface area contributed by atoms with Gasteiger partial charge in [0.2, 0.25) is 0 Å². The summed E-state index contributed by atoms with van der Waals surface area (Å²) in [7, 11) is 0. The molecule has 0 aliphatic rings. The molecule has 2 aromatic rings. The van der Waals surface area contributed by atoms with Crippen LogP contribution in [0.5, 0.6) is 0 Å². The Morgan fingerprint density at radius 1 is 1.31 bits per heavy atom. The minimum atomic E-state index is -0.287. The number of hydrogen-bond donors (Lipinski definition) is 1. The second-order valence-electron chi connectivity index (χ2n) is 3.88. The van der Waals surface area contributed by atoms with Crippen molar-refractivity contribution in [2.75, 3.05) is 13.1 Å². The average Bonchev–Trinajstić information content (AvgIpc) is 2.70. The van der Waals surface area contributed by atoms with Crippen molar-refractivity contribution in [1.82, 2.24) is 5.32 Å². The van der Waals surface area contributed by atoms with Crippen LogP contribution in [0.25, 0.3) is 11.0 Å². The van der Waals surface area contributed by atoms with Gasteiger partial charge < -0.3 is 9.73 Å². The number of rotatable bonds is 5. The second kappa shape index (κ2) is 5.12. The molecule has 0 bridgehead atoms. The smallest absolute Gasteiger partial charge is 0.169 e. The number of hydrogen-bond acceptors (Lipinski definition) is 2. The minimum absolute atomic E-state index is 0.287. The molecule has 0 amide bonds. The molecule has 1 N–H and O–H groups in total. The molecule has 0 saturated carbocycles. The van der Waals surface area contributed by atoms with E-state index in [9.17, 15) is 4.39 Å². The SMILES string of the molecule is CCCNCCc1coc2c(F)cccc12.